The first kappa shape index (κ1) is 17.0. The van der Waals surface area contributed by atoms with Crippen LogP contribution in [0.3, 0.4) is 0 Å². The molecule has 1 aliphatic heterocycles. The molecule has 0 bridgehead atoms. The Hall–Kier alpha value is -1.37. The molecule has 5 nitrogen and oxygen atoms in total. The van der Waals surface area contributed by atoms with Crippen LogP contribution in [0.5, 0.6) is 0 Å². The van der Waals surface area contributed by atoms with E-state index >= 15 is 0 Å². The van der Waals surface area contributed by atoms with E-state index in [0.717, 1.165) is 35.1 Å². The number of rotatable bonds is 4. The molecule has 1 aliphatic rings. The van der Waals surface area contributed by atoms with Crippen molar-refractivity contribution in [3.63, 3.8) is 0 Å². The van der Waals surface area contributed by atoms with Gasteiger partial charge < -0.3 is 10.6 Å². The van der Waals surface area contributed by atoms with Gasteiger partial charge in [0.05, 0.1) is 0 Å². The summed E-state index contributed by atoms with van der Waals surface area (Å²) in [7, 11) is 0. The molecule has 2 heterocycles. The zero-order valence-electron chi connectivity index (χ0n) is 12.0. The first-order valence-electron chi connectivity index (χ1n) is 7.03. The molecule has 0 saturated heterocycles. The molecule has 1 amide bonds. The summed E-state index contributed by atoms with van der Waals surface area (Å²) >= 11 is 3.41. The number of amides is 1. The van der Waals surface area contributed by atoms with Gasteiger partial charge in [0.2, 0.25) is 0 Å². The summed E-state index contributed by atoms with van der Waals surface area (Å²) in [6.45, 7) is 2.25. The molecular formula is C15H18BrClN4O. The van der Waals surface area contributed by atoms with E-state index in [0.29, 0.717) is 18.8 Å². The molecule has 3 rings (SSSR count). The minimum Gasteiger partial charge on any atom is -0.350 e. The third-order valence-corrected chi connectivity index (χ3v) is 4.16. The molecular weight excluding hydrogens is 368 g/mol. The second-order valence-corrected chi connectivity index (χ2v) is 6.00. The molecule has 0 unspecified atom stereocenters. The summed E-state index contributed by atoms with van der Waals surface area (Å²) < 4.78 is 1.06. The second kappa shape index (κ2) is 7.76. The lowest BCUT2D eigenvalue weighted by Crippen LogP contribution is -2.29. The topological polar surface area (TPSA) is 69.8 Å². The van der Waals surface area contributed by atoms with Crippen LogP contribution in [-0.4, -0.2) is 29.2 Å². The van der Waals surface area contributed by atoms with Gasteiger partial charge in [0.25, 0.3) is 5.91 Å². The Morgan fingerprint density at radius 1 is 1.32 bits per heavy atom. The summed E-state index contributed by atoms with van der Waals surface area (Å²) in [5, 5.41) is 13.3. The lowest BCUT2D eigenvalue weighted by molar-refractivity contribution is 0.0948. The van der Waals surface area contributed by atoms with Crippen molar-refractivity contribution in [2.75, 3.05) is 13.1 Å². The number of hydrogen-bond donors (Lipinski definition) is 3. The highest BCUT2D eigenvalue weighted by Gasteiger charge is 2.20. The molecule has 0 atom stereocenters. The maximum absolute atomic E-state index is 12.2. The highest BCUT2D eigenvalue weighted by atomic mass is 79.9. The van der Waals surface area contributed by atoms with Gasteiger partial charge in [-0.1, -0.05) is 28.1 Å². The Bertz CT molecular complexity index is 641. The summed E-state index contributed by atoms with van der Waals surface area (Å²) in [6.07, 6.45) is 1.71. The second-order valence-electron chi connectivity index (χ2n) is 5.09. The molecule has 3 N–H and O–H groups in total. The lowest BCUT2D eigenvalue weighted by atomic mass is 10.1. The van der Waals surface area contributed by atoms with E-state index in [9.17, 15) is 4.79 Å². The third-order valence-electron chi connectivity index (χ3n) is 3.63. The van der Waals surface area contributed by atoms with Crippen LogP contribution in [0.1, 0.15) is 27.3 Å². The van der Waals surface area contributed by atoms with E-state index in [1.54, 1.807) is 0 Å². The number of carbonyl (C=O) groups is 1. The first-order valence-corrected chi connectivity index (χ1v) is 7.83. The highest BCUT2D eigenvalue weighted by Crippen LogP contribution is 2.15. The number of nitrogens with zero attached hydrogens (tertiary/aromatic N) is 1. The van der Waals surface area contributed by atoms with Crippen LogP contribution in [0.25, 0.3) is 0 Å². The van der Waals surface area contributed by atoms with E-state index < -0.39 is 0 Å². The molecule has 0 radical (unpaired) electrons. The minimum atomic E-state index is -0.103. The van der Waals surface area contributed by atoms with Gasteiger partial charge in [0.1, 0.15) is 0 Å². The van der Waals surface area contributed by atoms with E-state index in [-0.39, 0.29) is 18.3 Å². The molecule has 0 saturated carbocycles. The van der Waals surface area contributed by atoms with Crippen molar-refractivity contribution in [2.24, 2.45) is 0 Å². The van der Waals surface area contributed by atoms with Gasteiger partial charge in [0.15, 0.2) is 5.69 Å². The fourth-order valence-corrected chi connectivity index (χ4v) is 2.73. The molecule has 2 aromatic rings. The minimum absolute atomic E-state index is 0. The lowest BCUT2D eigenvalue weighted by Gasteiger charge is -2.12. The normalized spacial score (nSPS) is 13.1. The fraction of sp³-hybridized carbons (Fsp3) is 0.333. The van der Waals surface area contributed by atoms with Gasteiger partial charge in [0, 0.05) is 41.8 Å². The van der Waals surface area contributed by atoms with Crippen LogP contribution < -0.4 is 10.6 Å². The zero-order chi connectivity index (χ0) is 14.7. The fourth-order valence-electron chi connectivity index (χ4n) is 2.47. The summed E-state index contributed by atoms with van der Waals surface area (Å²) in [5.74, 6) is -0.103. The Labute approximate surface area is 143 Å². The van der Waals surface area contributed by atoms with Crippen LogP contribution in [0.2, 0.25) is 0 Å². The van der Waals surface area contributed by atoms with E-state index in [1.807, 2.05) is 12.1 Å². The smallest absolute Gasteiger partial charge is 0.272 e. The average Bonchev–Trinajstić information content (AvgIpc) is 2.93. The largest absolute Gasteiger partial charge is 0.350 e. The predicted octanol–water partition coefficient (Wildman–Crippen LogP) is 2.21. The number of carbonyl (C=O) groups excluding carboxylic acids is 1. The first-order chi connectivity index (χ1) is 10.2. The van der Waals surface area contributed by atoms with Crippen molar-refractivity contribution < 1.29 is 4.79 Å². The maximum Gasteiger partial charge on any atom is 0.272 e. The molecule has 1 aromatic heterocycles. The van der Waals surface area contributed by atoms with Crippen LogP contribution in [0.4, 0.5) is 0 Å². The van der Waals surface area contributed by atoms with Crippen molar-refractivity contribution in [2.45, 2.75) is 19.4 Å². The van der Waals surface area contributed by atoms with Gasteiger partial charge >= 0.3 is 0 Å². The standard InChI is InChI=1S/C15H17BrN4O.ClH/c16-11-3-1-10(2-4-11)5-8-18-15(21)14-12-9-17-7-6-13(12)19-20-14;/h1-4,17H,5-9H2,(H,18,21)(H,19,20);1H. The van der Waals surface area contributed by atoms with Crippen LogP contribution >= 0.6 is 28.3 Å². The zero-order valence-corrected chi connectivity index (χ0v) is 14.4. The number of aromatic nitrogens is 2. The van der Waals surface area contributed by atoms with E-state index in [4.69, 9.17) is 0 Å². The van der Waals surface area contributed by atoms with Gasteiger partial charge in [-0.15, -0.1) is 12.4 Å². The summed E-state index contributed by atoms with van der Waals surface area (Å²) in [6, 6.07) is 8.12. The Morgan fingerprint density at radius 2 is 2.09 bits per heavy atom. The molecule has 7 heteroatoms. The number of nitrogens with one attached hydrogen (secondary N) is 3. The molecule has 22 heavy (non-hydrogen) atoms. The number of H-pyrrole nitrogens is 1. The maximum atomic E-state index is 12.2. The van der Waals surface area contributed by atoms with Gasteiger partial charge in [-0.3, -0.25) is 9.89 Å². The molecule has 118 valence electrons. The molecule has 1 aromatic carbocycles. The quantitative estimate of drug-likeness (QED) is 0.756. The number of benzene rings is 1. The molecule has 0 spiro atoms. The van der Waals surface area contributed by atoms with Crippen molar-refractivity contribution in [3.8, 4) is 0 Å². The number of halogens is 2. The van der Waals surface area contributed by atoms with Gasteiger partial charge in [-0.2, -0.15) is 5.10 Å². The summed E-state index contributed by atoms with van der Waals surface area (Å²) in [4.78, 5) is 12.2. The summed E-state index contributed by atoms with van der Waals surface area (Å²) in [5.41, 5.74) is 3.80. The Balaban J connectivity index is 0.00000176. The van der Waals surface area contributed by atoms with Crippen molar-refractivity contribution >= 4 is 34.2 Å². The molecule has 0 fully saturated rings. The third kappa shape index (κ3) is 3.88. The number of aromatic amines is 1. The Kier molecular flexibility index (Phi) is 5.99. The number of fused-ring (bicyclic) bond motifs is 1. The van der Waals surface area contributed by atoms with Gasteiger partial charge in [-0.25, -0.2) is 0 Å². The highest BCUT2D eigenvalue weighted by molar-refractivity contribution is 9.10. The van der Waals surface area contributed by atoms with Crippen molar-refractivity contribution in [1.29, 1.82) is 0 Å². The molecule has 0 aliphatic carbocycles. The van der Waals surface area contributed by atoms with Crippen molar-refractivity contribution in [3.05, 3.63) is 51.3 Å². The van der Waals surface area contributed by atoms with Crippen LogP contribution in [0, 0.1) is 0 Å². The van der Waals surface area contributed by atoms with E-state index in [2.05, 4.69) is 48.9 Å². The van der Waals surface area contributed by atoms with Crippen LogP contribution in [0.15, 0.2) is 28.7 Å². The van der Waals surface area contributed by atoms with Crippen LogP contribution in [-0.2, 0) is 19.4 Å². The average molecular weight is 386 g/mol. The predicted molar refractivity (Wildman–Crippen MR) is 91.4 cm³/mol. The Morgan fingerprint density at radius 3 is 2.86 bits per heavy atom. The van der Waals surface area contributed by atoms with E-state index in [1.165, 1.54) is 5.56 Å². The van der Waals surface area contributed by atoms with Crippen molar-refractivity contribution in [1.82, 2.24) is 20.8 Å². The van der Waals surface area contributed by atoms with Gasteiger partial charge in [-0.05, 0) is 24.1 Å². The number of hydrogen-bond acceptors (Lipinski definition) is 3. The SMILES string of the molecule is Cl.O=C(NCCc1ccc(Br)cc1)c1n[nH]c2c1CNCC2. The monoisotopic (exact) mass is 384 g/mol.